The van der Waals surface area contributed by atoms with Crippen LogP contribution in [0.4, 0.5) is 5.69 Å². The van der Waals surface area contributed by atoms with Crippen LogP contribution >= 0.6 is 27.3 Å². The minimum Gasteiger partial charge on any atom is -0.456 e. The van der Waals surface area contributed by atoms with E-state index in [2.05, 4.69) is 21.2 Å². The summed E-state index contributed by atoms with van der Waals surface area (Å²) in [6.45, 7) is 5.71. The number of carbonyl (C=O) groups is 2. The van der Waals surface area contributed by atoms with Gasteiger partial charge in [-0.2, -0.15) is 0 Å². The zero-order valence-corrected chi connectivity index (χ0v) is 16.1. The second-order valence-corrected chi connectivity index (χ2v) is 8.66. The minimum absolute atomic E-state index is 0.165. The number of hydrogen-bond acceptors (Lipinski definition) is 5. The van der Waals surface area contributed by atoms with Crippen LogP contribution in [0.5, 0.6) is 0 Å². The van der Waals surface area contributed by atoms with Crippen LogP contribution in [0.3, 0.4) is 0 Å². The topological polar surface area (TPSA) is 81.4 Å². The molecule has 7 heteroatoms. The van der Waals surface area contributed by atoms with E-state index < -0.39 is 11.6 Å². The van der Waals surface area contributed by atoms with Crippen molar-refractivity contribution in [1.82, 2.24) is 5.32 Å². The van der Waals surface area contributed by atoms with Gasteiger partial charge >= 0.3 is 5.97 Å². The maximum absolute atomic E-state index is 12.0. The van der Waals surface area contributed by atoms with Crippen molar-refractivity contribution >= 4 is 44.8 Å². The van der Waals surface area contributed by atoms with E-state index in [1.807, 2.05) is 6.07 Å². The fourth-order valence-corrected chi connectivity index (χ4v) is 3.22. The Hall–Kier alpha value is -1.86. The van der Waals surface area contributed by atoms with Crippen molar-refractivity contribution in [3.63, 3.8) is 0 Å². The molecule has 0 atom stereocenters. The summed E-state index contributed by atoms with van der Waals surface area (Å²) in [6.07, 6.45) is 0. The molecule has 0 unspecified atom stereocenters. The molecule has 0 saturated carbocycles. The smallest absolute Gasteiger partial charge is 0.338 e. The monoisotopic (exact) mass is 410 g/mol. The van der Waals surface area contributed by atoms with E-state index in [0.29, 0.717) is 16.1 Å². The van der Waals surface area contributed by atoms with Gasteiger partial charge in [-0.1, -0.05) is 6.07 Å². The highest BCUT2D eigenvalue weighted by molar-refractivity contribution is 9.11. The van der Waals surface area contributed by atoms with E-state index in [1.54, 1.807) is 45.0 Å². The van der Waals surface area contributed by atoms with Gasteiger partial charge in [-0.15, -0.1) is 11.3 Å². The van der Waals surface area contributed by atoms with E-state index in [4.69, 9.17) is 10.5 Å². The Morgan fingerprint density at radius 2 is 1.96 bits per heavy atom. The van der Waals surface area contributed by atoms with E-state index in [1.165, 1.54) is 11.3 Å². The summed E-state index contributed by atoms with van der Waals surface area (Å²) >= 11 is 4.68. The van der Waals surface area contributed by atoms with E-state index in [9.17, 15) is 9.59 Å². The van der Waals surface area contributed by atoms with Gasteiger partial charge in [0.05, 0.1) is 14.2 Å². The first-order valence-corrected chi connectivity index (χ1v) is 8.92. The molecule has 0 fully saturated rings. The normalized spacial score (nSPS) is 11.2. The number of halogens is 1. The first-order chi connectivity index (χ1) is 11.2. The third-order valence-corrected chi connectivity index (χ3v) is 4.64. The van der Waals surface area contributed by atoms with Crippen LogP contribution < -0.4 is 11.1 Å². The summed E-state index contributed by atoms with van der Waals surface area (Å²) in [4.78, 5) is 24.7. The summed E-state index contributed by atoms with van der Waals surface area (Å²) in [5, 5.41) is 2.81. The molecule has 1 heterocycles. The van der Waals surface area contributed by atoms with Gasteiger partial charge < -0.3 is 15.8 Å². The SMILES string of the molecule is CC(C)(C)OC(=O)c1ccc(CNC(=O)c2ccc(Br)s2)c(N)c1. The van der Waals surface area contributed by atoms with Crippen molar-refractivity contribution in [1.29, 1.82) is 0 Å². The first-order valence-electron chi connectivity index (χ1n) is 7.31. The van der Waals surface area contributed by atoms with Crippen LogP contribution in [0.25, 0.3) is 0 Å². The van der Waals surface area contributed by atoms with Crippen LogP contribution in [0.1, 0.15) is 46.4 Å². The summed E-state index contributed by atoms with van der Waals surface area (Å²) in [6, 6.07) is 8.51. The highest BCUT2D eigenvalue weighted by Crippen LogP contribution is 2.22. The molecule has 1 aromatic carbocycles. The molecule has 0 aliphatic carbocycles. The Bertz CT molecular complexity index is 765. The maximum Gasteiger partial charge on any atom is 0.338 e. The second kappa shape index (κ2) is 7.36. The predicted molar refractivity (Wildman–Crippen MR) is 99.2 cm³/mol. The van der Waals surface area contributed by atoms with E-state index in [0.717, 1.165) is 9.35 Å². The van der Waals surface area contributed by atoms with Gasteiger partial charge in [-0.25, -0.2) is 4.79 Å². The summed E-state index contributed by atoms with van der Waals surface area (Å²) < 4.78 is 6.21. The quantitative estimate of drug-likeness (QED) is 0.589. The highest BCUT2D eigenvalue weighted by atomic mass is 79.9. The van der Waals surface area contributed by atoms with Crippen LogP contribution in [0, 0.1) is 0 Å². The van der Waals surface area contributed by atoms with Crippen LogP contribution in [-0.4, -0.2) is 17.5 Å². The summed E-state index contributed by atoms with van der Waals surface area (Å²) in [5.74, 6) is -0.588. The minimum atomic E-state index is -0.562. The Morgan fingerprint density at radius 3 is 2.50 bits per heavy atom. The molecule has 3 N–H and O–H groups in total. The lowest BCUT2D eigenvalue weighted by molar-refractivity contribution is 0.00694. The van der Waals surface area contributed by atoms with E-state index >= 15 is 0 Å². The van der Waals surface area contributed by atoms with Gasteiger partial charge in [0.1, 0.15) is 5.60 Å². The van der Waals surface area contributed by atoms with Crippen molar-refractivity contribution in [2.75, 3.05) is 5.73 Å². The summed E-state index contributed by atoms with van der Waals surface area (Å²) in [7, 11) is 0. The molecule has 2 rings (SSSR count). The largest absolute Gasteiger partial charge is 0.456 e. The molecule has 0 aliphatic rings. The van der Waals surface area contributed by atoms with Gasteiger partial charge in [0, 0.05) is 12.2 Å². The lowest BCUT2D eigenvalue weighted by atomic mass is 10.1. The molecule has 0 bridgehead atoms. The third-order valence-electron chi connectivity index (χ3n) is 3.02. The molecular weight excluding hydrogens is 392 g/mol. The number of hydrogen-bond donors (Lipinski definition) is 2. The van der Waals surface area contributed by atoms with Crippen molar-refractivity contribution in [2.45, 2.75) is 32.9 Å². The molecule has 24 heavy (non-hydrogen) atoms. The Morgan fingerprint density at radius 1 is 1.25 bits per heavy atom. The molecule has 5 nitrogen and oxygen atoms in total. The average Bonchev–Trinajstić information content (AvgIpc) is 2.90. The number of nitrogen functional groups attached to an aromatic ring is 1. The van der Waals surface area contributed by atoms with Gasteiger partial charge in [-0.3, -0.25) is 4.79 Å². The van der Waals surface area contributed by atoms with Crippen LogP contribution in [0.2, 0.25) is 0 Å². The van der Waals surface area contributed by atoms with Crippen molar-refractivity contribution in [2.24, 2.45) is 0 Å². The number of anilines is 1. The number of carbonyl (C=O) groups excluding carboxylic acids is 2. The molecule has 0 radical (unpaired) electrons. The molecule has 1 amide bonds. The number of benzene rings is 1. The lowest BCUT2D eigenvalue weighted by Crippen LogP contribution is -2.24. The molecule has 2 aromatic rings. The zero-order valence-electron chi connectivity index (χ0n) is 13.7. The molecule has 0 spiro atoms. The maximum atomic E-state index is 12.0. The van der Waals surface area contributed by atoms with Gasteiger partial charge in [-0.05, 0) is 66.5 Å². The van der Waals surface area contributed by atoms with Gasteiger partial charge in [0.25, 0.3) is 5.91 Å². The van der Waals surface area contributed by atoms with Crippen molar-refractivity contribution < 1.29 is 14.3 Å². The molecule has 0 saturated heterocycles. The number of nitrogens with two attached hydrogens (primary N) is 1. The van der Waals surface area contributed by atoms with Gasteiger partial charge in [0.2, 0.25) is 0 Å². The molecule has 128 valence electrons. The number of amides is 1. The highest BCUT2D eigenvalue weighted by Gasteiger charge is 2.18. The number of thiophene rings is 1. The number of ether oxygens (including phenoxy) is 1. The fraction of sp³-hybridized carbons (Fsp3) is 0.294. The van der Waals surface area contributed by atoms with Gasteiger partial charge in [0.15, 0.2) is 0 Å². The molecule has 1 aromatic heterocycles. The van der Waals surface area contributed by atoms with Crippen molar-refractivity contribution in [3.05, 3.63) is 50.1 Å². The average molecular weight is 411 g/mol. The fourth-order valence-electron chi connectivity index (χ4n) is 1.92. The molecule has 0 aliphatic heterocycles. The third kappa shape index (κ3) is 5.07. The number of rotatable bonds is 4. The standard InChI is InChI=1S/C17H19BrN2O3S/c1-17(2,3)23-16(22)10-4-5-11(12(19)8-10)9-20-15(21)13-6-7-14(18)24-13/h4-8H,9,19H2,1-3H3,(H,20,21). The van der Waals surface area contributed by atoms with Crippen LogP contribution in [0.15, 0.2) is 34.1 Å². The second-order valence-electron chi connectivity index (χ2n) is 6.20. The Balaban J connectivity index is 2.02. The van der Waals surface area contributed by atoms with Crippen LogP contribution in [-0.2, 0) is 11.3 Å². The first kappa shape index (κ1) is 18.5. The lowest BCUT2D eigenvalue weighted by Gasteiger charge is -2.19. The Kier molecular flexibility index (Phi) is 5.66. The number of nitrogens with one attached hydrogen (secondary N) is 1. The molecular formula is C17H19BrN2O3S. The van der Waals surface area contributed by atoms with Crippen molar-refractivity contribution in [3.8, 4) is 0 Å². The predicted octanol–water partition coefficient (Wildman–Crippen LogP) is 3.98. The summed E-state index contributed by atoms with van der Waals surface area (Å²) in [5.41, 5.74) is 6.99. The zero-order chi connectivity index (χ0) is 17.9. The number of esters is 1. The Labute approximate surface area is 153 Å². The van der Waals surface area contributed by atoms with E-state index in [-0.39, 0.29) is 12.5 Å².